The molecule has 9 heteroatoms. The normalized spacial score (nSPS) is 11.4. The number of rotatable bonds is 2. The number of nitrogens with zero attached hydrogens (tertiary/aromatic N) is 2. The third-order valence-corrected chi connectivity index (χ3v) is 2.91. The van der Waals surface area contributed by atoms with Gasteiger partial charge in [-0.15, -0.1) is 5.10 Å². The first-order valence-corrected chi connectivity index (χ1v) is 6.14. The lowest BCUT2D eigenvalue weighted by molar-refractivity contribution is -0.144. The minimum atomic E-state index is -4.64. The number of carbonyl (C=O) groups excluding carboxylic acids is 1. The van der Waals surface area contributed by atoms with E-state index in [0.29, 0.717) is 11.1 Å². The Kier molecular flexibility index (Phi) is 3.80. The van der Waals surface area contributed by atoms with E-state index in [4.69, 9.17) is 0 Å². The van der Waals surface area contributed by atoms with E-state index in [1.54, 1.807) is 30.2 Å². The lowest BCUT2D eigenvalue weighted by atomic mass is 10.1. The Labute approximate surface area is 119 Å². The maximum atomic E-state index is 12.3. The van der Waals surface area contributed by atoms with Crippen molar-refractivity contribution in [1.29, 1.82) is 0 Å². The molecule has 0 bridgehead atoms. The van der Waals surface area contributed by atoms with Gasteiger partial charge in [-0.25, -0.2) is 0 Å². The number of amides is 1. The van der Waals surface area contributed by atoms with Gasteiger partial charge in [0.15, 0.2) is 0 Å². The summed E-state index contributed by atoms with van der Waals surface area (Å²) in [5, 5.41) is 7.22. The number of halogens is 4. The minimum Gasteiger partial charge on any atom is -0.289 e. The van der Waals surface area contributed by atoms with Crippen LogP contribution in [0.2, 0.25) is 0 Å². The van der Waals surface area contributed by atoms with Crippen LogP contribution in [0, 0.1) is 6.92 Å². The fraction of sp³-hybridized carbons (Fsp3) is 0.182. The van der Waals surface area contributed by atoms with E-state index in [-0.39, 0.29) is 0 Å². The molecule has 0 aliphatic rings. The van der Waals surface area contributed by atoms with Crippen LogP contribution in [0.1, 0.15) is 21.7 Å². The minimum absolute atomic E-state index is 0.326. The first-order chi connectivity index (χ1) is 9.27. The first-order valence-electron chi connectivity index (χ1n) is 5.34. The third kappa shape index (κ3) is 3.16. The van der Waals surface area contributed by atoms with Gasteiger partial charge < -0.3 is 0 Å². The van der Waals surface area contributed by atoms with Gasteiger partial charge in [-0.1, -0.05) is 15.9 Å². The van der Waals surface area contributed by atoms with Gasteiger partial charge in [-0.05, 0) is 30.7 Å². The van der Waals surface area contributed by atoms with Gasteiger partial charge in [-0.3, -0.25) is 15.2 Å². The average Bonchev–Trinajstić information content (AvgIpc) is 2.76. The number of benzene rings is 1. The van der Waals surface area contributed by atoms with E-state index < -0.39 is 23.9 Å². The van der Waals surface area contributed by atoms with Crippen LogP contribution in [0.3, 0.4) is 0 Å². The number of aryl methyl sites for hydroxylation is 1. The van der Waals surface area contributed by atoms with Crippen LogP contribution in [-0.2, 0) is 6.18 Å². The fourth-order valence-electron chi connectivity index (χ4n) is 1.50. The zero-order valence-corrected chi connectivity index (χ0v) is 11.6. The molecule has 0 aliphatic carbocycles. The summed E-state index contributed by atoms with van der Waals surface area (Å²) in [4.78, 5) is 15.1. The highest BCUT2D eigenvalue weighted by Crippen LogP contribution is 2.26. The first kappa shape index (κ1) is 14.5. The Morgan fingerprint density at radius 1 is 1.40 bits per heavy atom. The molecule has 0 unspecified atom stereocenters. The van der Waals surface area contributed by atoms with Gasteiger partial charge in [0.2, 0.25) is 11.8 Å². The highest BCUT2D eigenvalue weighted by atomic mass is 79.9. The van der Waals surface area contributed by atoms with Gasteiger partial charge in [0, 0.05) is 10.0 Å². The maximum Gasteiger partial charge on any atom is 0.451 e. The molecule has 0 radical (unpaired) electrons. The zero-order valence-electron chi connectivity index (χ0n) is 10.0. The summed E-state index contributed by atoms with van der Waals surface area (Å²) in [5.41, 5.74) is 0.995. The number of hydrogen-bond acceptors (Lipinski definition) is 3. The SMILES string of the molecule is Cc1cc(Br)ccc1C(=O)Nc1n[nH]c(C(F)(F)F)n1. The van der Waals surface area contributed by atoms with Gasteiger partial charge in [0.05, 0.1) is 0 Å². The lowest BCUT2D eigenvalue weighted by Crippen LogP contribution is -2.14. The van der Waals surface area contributed by atoms with Gasteiger partial charge >= 0.3 is 6.18 Å². The molecule has 1 aromatic carbocycles. The molecule has 5 nitrogen and oxygen atoms in total. The molecular formula is C11H8BrF3N4O. The lowest BCUT2D eigenvalue weighted by Gasteiger charge is -2.05. The second-order valence-electron chi connectivity index (χ2n) is 3.92. The van der Waals surface area contributed by atoms with E-state index in [9.17, 15) is 18.0 Å². The molecule has 106 valence electrons. The van der Waals surface area contributed by atoms with Crippen LogP contribution in [0.5, 0.6) is 0 Å². The summed E-state index contributed by atoms with van der Waals surface area (Å²) in [6, 6.07) is 4.92. The molecule has 1 amide bonds. The van der Waals surface area contributed by atoms with Crippen molar-refractivity contribution in [2.45, 2.75) is 13.1 Å². The summed E-state index contributed by atoms with van der Waals surface area (Å²) in [6.45, 7) is 1.71. The quantitative estimate of drug-likeness (QED) is 0.875. The van der Waals surface area contributed by atoms with Crippen LogP contribution in [-0.4, -0.2) is 21.1 Å². The van der Waals surface area contributed by atoms with Crippen molar-refractivity contribution in [2.24, 2.45) is 0 Å². The average molecular weight is 349 g/mol. The molecule has 2 aromatic rings. The topological polar surface area (TPSA) is 70.7 Å². The summed E-state index contributed by atoms with van der Waals surface area (Å²) in [6.07, 6.45) is -4.64. The van der Waals surface area contributed by atoms with Crippen LogP contribution in [0.15, 0.2) is 22.7 Å². The molecule has 0 aliphatic heterocycles. The van der Waals surface area contributed by atoms with E-state index in [1.807, 2.05) is 0 Å². The predicted octanol–water partition coefficient (Wildman–Crippen LogP) is 3.15. The molecular weight excluding hydrogens is 341 g/mol. The van der Waals surface area contributed by atoms with Crippen LogP contribution >= 0.6 is 15.9 Å². The summed E-state index contributed by atoms with van der Waals surface area (Å²) < 4.78 is 37.8. The van der Waals surface area contributed by atoms with Crippen LogP contribution < -0.4 is 5.32 Å². The standard InChI is InChI=1S/C11H8BrF3N4O/c1-5-4-6(12)2-3-7(5)8(20)16-10-17-9(18-19-10)11(13,14)15/h2-4H,1H3,(H2,16,17,18,19,20). The monoisotopic (exact) mass is 348 g/mol. The van der Waals surface area contributed by atoms with Gasteiger partial charge in [-0.2, -0.15) is 18.2 Å². The summed E-state index contributed by atoms with van der Waals surface area (Å²) >= 11 is 3.25. The van der Waals surface area contributed by atoms with Crippen molar-refractivity contribution in [3.63, 3.8) is 0 Å². The van der Waals surface area contributed by atoms with E-state index in [1.165, 1.54) is 0 Å². The highest BCUT2D eigenvalue weighted by molar-refractivity contribution is 9.10. The molecule has 0 saturated carbocycles. The van der Waals surface area contributed by atoms with Crippen molar-refractivity contribution >= 4 is 27.8 Å². The molecule has 20 heavy (non-hydrogen) atoms. The molecule has 2 N–H and O–H groups in total. The Hall–Kier alpha value is -1.90. The zero-order chi connectivity index (χ0) is 14.9. The van der Waals surface area contributed by atoms with Crippen molar-refractivity contribution in [2.75, 3.05) is 5.32 Å². The summed E-state index contributed by atoms with van der Waals surface area (Å²) in [5.74, 6) is -2.27. The molecule has 0 atom stereocenters. The number of aromatic amines is 1. The second kappa shape index (κ2) is 5.23. The predicted molar refractivity (Wildman–Crippen MR) is 68.2 cm³/mol. The number of aromatic nitrogens is 3. The Morgan fingerprint density at radius 2 is 2.10 bits per heavy atom. The second-order valence-corrected chi connectivity index (χ2v) is 4.83. The molecule has 1 aromatic heterocycles. The van der Waals surface area contributed by atoms with E-state index in [2.05, 4.69) is 31.3 Å². The Morgan fingerprint density at radius 3 is 2.65 bits per heavy atom. The molecule has 0 spiro atoms. The number of H-pyrrole nitrogens is 1. The molecule has 0 fully saturated rings. The highest BCUT2D eigenvalue weighted by Gasteiger charge is 2.35. The Balaban J connectivity index is 2.17. The van der Waals surface area contributed by atoms with Crippen molar-refractivity contribution < 1.29 is 18.0 Å². The molecule has 2 rings (SSSR count). The number of carbonyl (C=O) groups is 1. The number of alkyl halides is 3. The molecule has 0 saturated heterocycles. The van der Waals surface area contributed by atoms with Crippen LogP contribution in [0.4, 0.5) is 19.1 Å². The van der Waals surface area contributed by atoms with Crippen molar-refractivity contribution in [3.05, 3.63) is 39.6 Å². The largest absolute Gasteiger partial charge is 0.451 e. The smallest absolute Gasteiger partial charge is 0.289 e. The fourth-order valence-corrected chi connectivity index (χ4v) is 1.97. The number of nitrogens with one attached hydrogen (secondary N) is 2. The maximum absolute atomic E-state index is 12.3. The van der Waals surface area contributed by atoms with E-state index in [0.717, 1.165) is 4.47 Å². The van der Waals surface area contributed by atoms with Crippen molar-refractivity contribution in [3.8, 4) is 0 Å². The van der Waals surface area contributed by atoms with Gasteiger partial charge in [0.1, 0.15) is 0 Å². The summed E-state index contributed by atoms with van der Waals surface area (Å²) in [7, 11) is 0. The van der Waals surface area contributed by atoms with Gasteiger partial charge in [0.25, 0.3) is 5.91 Å². The Bertz CT molecular complexity index is 653. The molecule has 1 heterocycles. The number of hydrogen-bond donors (Lipinski definition) is 2. The van der Waals surface area contributed by atoms with E-state index >= 15 is 0 Å². The third-order valence-electron chi connectivity index (χ3n) is 2.41. The number of anilines is 1. The van der Waals surface area contributed by atoms with Crippen LogP contribution in [0.25, 0.3) is 0 Å². The van der Waals surface area contributed by atoms with Crippen molar-refractivity contribution in [1.82, 2.24) is 15.2 Å².